The number of benzene rings is 1. The van der Waals surface area contributed by atoms with Gasteiger partial charge < -0.3 is 10.6 Å². The Morgan fingerprint density at radius 3 is 2.86 bits per heavy atom. The number of fused-ring (bicyclic) bond motifs is 1. The molecule has 0 radical (unpaired) electrons. The van der Waals surface area contributed by atoms with Gasteiger partial charge in [-0.2, -0.15) is 0 Å². The standard InChI is InChI=1S/C16H17N3O2S/c1-10(20)17-12-7-8-13-14(9-12)22-16(18-13)19-15(21)11-5-3-2-4-6-11/h2-3,7-9,11H,4-6H2,1H3,(H,17,20)(H,18,19,21). The van der Waals surface area contributed by atoms with E-state index in [1.54, 1.807) is 6.07 Å². The van der Waals surface area contributed by atoms with Crippen molar-refractivity contribution in [2.45, 2.75) is 26.2 Å². The number of aromatic nitrogens is 1. The van der Waals surface area contributed by atoms with E-state index in [2.05, 4.69) is 27.8 Å². The molecule has 2 aromatic rings. The van der Waals surface area contributed by atoms with Gasteiger partial charge in [0.1, 0.15) is 0 Å². The number of nitrogens with one attached hydrogen (secondary N) is 2. The number of carbonyl (C=O) groups excluding carboxylic acids is 2. The zero-order chi connectivity index (χ0) is 15.5. The molecule has 0 aliphatic heterocycles. The molecule has 1 atom stereocenters. The van der Waals surface area contributed by atoms with Crippen LogP contribution >= 0.6 is 11.3 Å². The zero-order valence-electron chi connectivity index (χ0n) is 12.3. The molecule has 1 aromatic carbocycles. The summed E-state index contributed by atoms with van der Waals surface area (Å²) < 4.78 is 0.935. The first-order valence-corrected chi connectivity index (χ1v) is 8.07. The Kier molecular flexibility index (Phi) is 4.20. The molecule has 1 aromatic heterocycles. The third-order valence-corrected chi connectivity index (χ3v) is 4.51. The maximum absolute atomic E-state index is 12.2. The number of hydrogen-bond acceptors (Lipinski definition) is 4. The Balaban J connectivity index is 1.75. The first kappa shape index (κ1) is 14.7. The Hall–Kier alpha value is -2.21. The lowest BCUT2D eigenvalue weighted by Crippen LogP contribution is -2.23. The number of rotatable bonds is 3. The van der Waals surface area contributed by atoms with Crippen LogP contribution in [0, 0.1) is 5.92 Å². The van der Waals surface area contributed by atoms with Gasteiger partial charge in [0.05, 0.1) is 10.2 Å². The summed E-state index contributed by atoms with van der Waals surface area (Å²) in [6.45, 7) is 1.47. The molecule has 5 nitrogen and oxygen atoms in total. The van der Waals surface area contributed by atoms with Crippen LogP contribution in [0.25, 0.3) is 10.2 Å². The van der Waals surface area contributed by atoms with Crippen LogP contribution in [0.4, 0.5) is 10.8 Å². The number of amides is 2. The first-order valence-electron chi connectivity index (χ1n) is 7.26. The lowest BCUT2D eigenvalue weighted by atomic mass is 9.94. The quantitative estimate of drug-likeness (QED) is 0.851. The van der Waals surface area contributed by atoms with Gasteiger partial charge in [-0.05, 0) is 37.5 Å². The van der Waals surface area contributed by atoms with Crippen molar-refractivity contribution in [3.8, 4) is 0 Å². The smallest absolute Gasteiger partial charge is 0.229 e. The van der Waals surface area contributed by atoms with Gasteiger partial charge in [0, 0.05) is 18.5 Å². The van der Waals surface area contributed by atoms with Gasteiger partial charge in [-0.15, -0.1) is 0 Å². The third kappa shape index (κ3) is 3.33. The molecular weight excluding hydrogens is 298 g/mol. The second-order valence-corrected chi connectivity index (χ2v) is 6.38. The van der Waals surface area contributed by atoms with Crippen LogP contribution in [-0.2, 0) is 9.59 Å². The normalized spacial score (nSPS) is 17.4. The third-order valence-electron chi connectivity index (χ3n) is 3.58. The zero-order valence-corrected chi connectivity index (χ0v) is 13.1. The molecule has 0 bridgehead atoms. The molecule has 1 aliphatic carbocycles. The summed E-state index contributed by atoms with van der Waals surface area (Å²) in [5.74, 6) is -0.0415. The molecule has 0 saturated heterocycles. The minimum absolute atomic E-state index is 0.0329. The fraction of sp³-hybridized carbons (Fsp3) is 0.312. The van der Waals surface area contributed by atoms with E-state index in [1.807, 2.05) is 12.1 Å². The van der Waals surface area contributed by atoms with E-state index >= 15 is 0 Å². The monoisotopic (exact) mass is 315 g/mol. The van der Waals surface area contributed by atoms with Gasteiger partial charge in [0.2, 0.25) is 11.8 Å². The topological polar surface area (TPSA) is 71.1 Å². The summed E-state index contributed by atoms with van der Waals surface area (Å²) in [6, 6.07) is 5.52. The highest BCUT2D eigenvalue weighted by Crippen LogP contribution is 2.29. The van der Waals surface area contributed by atoms with Gasteiger partial charge >= 0.3 is 0 Å². The average Bonchev–Trinajstić information content (AvgIpc) is 2.89. The van der Waals surface area contributed by atoms with Crippen molar-refractivity contribution in [2.75, 3.05) is 10.6 Å². The minimum Gasteiger partial charge on any atom is -0.326 e. The number of carbonyl (C=O) groups is 2. The van der Waals surface area contributed by atoms with Crippen LogP contribution in [0.3, 0.4) is 0 Å². The summed E-state index contributed by atoms with van der Waals surface area (Å²) >= 11 is 1.42. The number of hydrogen-bond donors (Lipinski definition) is 2. The van der Waals surface area contributed by atoms with Crippen molar-refractivity contribution in [1.29, 1.82) is 0 Å². The van der Waals surface area contributed by atoms with Gasteiger partial charge in [-0.25, -0.2) is 4.98 Å². The van der Waals surface area contributed by atoms with Crippen LogP contribution in [0.5, 0.6) is 0 Å². The second-order valence-electron chi connectivity index (χ2n) is 5.35. The van der Waals surface area contributed by atoms with Crippen LogP contribution in [0.15, 0.2) is 30.4 Å². The predicted molar refractivity (Wildman–Crippen MR) is 89.0 cm³/mol. The molecule has 1 heterocycles. The lowest BCUT2D eigenvalue weighted by Gasteiger charge is -2.15. The Labute approximate surface area is 132 Å². The van der Waals surface area contributed by atoms with Crippen LogP contribution in [-0.4, -0.2) is 16.8 Å². The van der Waals surface area contributed by atoms with Gasteiger partial charge in [-0.3, -0.25) is 9.59 Å². The molecule has 0 spiro atoms. The van der Waals surface area contributed by atoms with Crippen molar-refractivity contribution >= 4 is 44.2 Å². The first-order chi connectivity index (χ1) is 10.6. The van der Waals surface area contributed by atoms with Crippen molar-refractivity contribution in [1.82, 2.24) is 4.98 Å². The molecule has 2 amide bonds. The number of nitrogens with zero attached hydrogens (tertiary/aromatic N) is 1. The molecule has 1 unspecified atom stereocenters. The summed E-state index contributed by atoms with van der Waals surface area (Å²) in [7, 11) is 0. The van der Waals surface area contributed by atoms with E-state index in [0.29, 0.717) is 5.13 Å². The van der Waals surface area contributed by atoms with Gasteiger partial charge in [0.15, 0.2) is 5.13 Å². The number of allylic oxidation sites excluding steroid dienone is 2. The molecular formula is C16H17N3O2S. The fourth-order valence-corrected chi connectivity index (χ4v) is 3.41. The molecule has 3 rings (SSSR count). The van der Waals surface area contributed by atoms with Crippen molar-refractivity contribution in [3.63, 3.8) is 0 Å². The largest absolute Gasteiger partial charge is 0.326 e. The van der Waals surface area contributed by atoms with E-state index in [0.717, 1.165) is 35.2 Å². The Bertz CT molecular complexity index is 751. The van der Waals surface area contributed by atoms with E-state index in [1.165, 1.54) is 18.3 Å². The van der Waals surface area contributed by atoms with Crippen LogP contribution < -0.4 is 10.6 Å². The Morgan fingerprint density at radius 1 is 1.27 bits per heavy atom. The molecule has 22 heavy (non-hydrogen) atoms. The second kappa shape index (κ2) is 6.27. The summed E-state index contributed by atoms with van der Waals surface area (Å²) in [5.41, 5.74) is 1.55. The predicted octanol–water partition coefficient (Wildman–Crippen LogP) is 3.55. The molecule has 6 heteroatoms. The van der Waals surface area contributed by atoms with E-state index in [-0.39, 0.29) is 17.7 Å². The summed E-state index contributed by atoms with van der Waals surface area (Å²) in [5, 5.41) is 6.26. The molecule has 0 saturated carbocycles. The summed E-state index contributed by atoms with van der Waals surface area (Å²) in [6.07, 6.45) is 6.82. The minimum atomic E-state index is -0.109. The molecule has 2 N–H and O–H groups in total. The number of thiazole rings is 1. The molecule has 114 valence electrons. The van der Waals surface area contributed by atoms with Crippen LogP contribution in [0.2, 0.25) is 0 Å². The number of anilines is 2. The average molecular weight is 315 g/mol. The highest BCUT2D eigenvalue weighted by Gasteiger charge is 2.19. The highest BCUT2D eigenvalue weighted by atomic mass is 32.1. The van der Waals surface area contributed by atoms with Crippen molar-refractivity contribution in [2.24, 2.45) is 5.92 Å². The fourth-order valence-electron chi connectivity index (χ4n) is 2.50. The van der Waals surface area contributed by atoms with Crippen LogP contribution in [0.1, 0.15) is 26.2 Å². The maximum atomic E-state index is 12.2. The van der Waals surface area contributed by atoms with Crippen molar-refractivity contribution < 1.29 is 9.59 Å². The highest BCUT2D eigenvalue weighted by molar-refractivity contribution is 7.22. The lowest BCUT2D eigenvalue weighted by molar-refractivity contribution is -0.120. The van der Waals surface area contributed by atoms with E-state index in [4.69, 9.17) is 0 Å². The van der Waals surface area contributed by atoms with E-state index < -0.39 is 0 Å². The van der Waals surface area contributed by atoms with Gasteiger partial charge in [-0.1, -0.05) is 23.5 Å². The summed E-state index contributed by atoms with van der Waals surface area (Å²) in [4.78, 5) is 27.7. The SMILES string of the molecule is CC(=O)Nc1ccc2nc(NC(=O)C3CC=CCC3)sc2c1. The Morgan fingerprint density at radius 2 is 2.14 bits per heavy atom. The van der Waals surface area contributed by atoms with Gasteiger partial charge in [0.25, 0.3) is 0 Å². The van der Waals surface area contributed by atoms with E-state index in [9.17, 15) is 9.59 Å². The molecule has 0 fully saturated rings. The molecule has 1 aliphatic rings. The maximum Gasteiger partial charge on any atom is 0.229 e. The van der Waals surface area contributed by atoms with Crippen molar-refractivity contribution in [3.05, 3.63) is 30.4 Å².